The Morgan fingerprint density at radius 2 is 1.76 bits per heavy atom. The Kier molecular flexibility index (Phi) is 6.66. The lowest BCUT2D eigenvalue weighted by molar-refractivity contribution is -0.143. The van der Waals surface area contributed by atoms with Crippen LogP contribution in [0.15, 0.2) is 0 Å². The van der Waals surface area contributed by atoms with E-state index in [2.05, 4.69) is 14.2 Å². The van der Waals surface area contributed by atoms with Crippen molar-refractivity contribution in [2.24, 2.45) is 11.8 Å². The number of hydrogen-bond donors (Lipinski definition) is 2. The molecule has 0 amide bonds. The van der Waals surface area contributed by atoms with Crippen molar-refractivity contribution in [3.05, 3.63) is 0 Å². The summed E-state index contributed by atoms with van der Waals surface area (Å²) >= 11 is 0. The van der Waals surface area contributed by atoms with Crippen LogP contribution >= 0.6 is 0 Å². The molecule has 1 unspecified atom stereocenters. The van der Waals surface area contributed by atoms with Crippen LogP contribution in [0.2, 0.25) is 0 Å². The van der Waals surface area contributed by atoms with Gasteiger partial charge in [-0.3, -0.25) is 4.79 Å². The predicted octanol–water partition coefficient (Wildman–Crippen LogP) is 0.264. The maximum Gasteiger partial charge on any atom is 0.324 e. The number of hydrogen-bond acceptors (Lipinski definition) is 4. The molecule has 0 aromatic heterocycles. The molecule has 102 valence electrons. The van der Waals surface area contributed by atoms with Gasteiger partial charge in [0, 0.05) is 6.54 Å². The highest BCUT2D eigenvalue weighted by Gasteiger charge is 2.27. The molecule has 0 spiro atoms. The van der Waals surface area contributed by atoms with Gasteiger partial charge in [0.25, 0.3) is 10.2 Å². The number of ether oxygens (including phenoxy) is 1. The van der Waals surface area contributed by atoms with Gasteiger partial charge in [0.1, 0.15) is 6.04 Å². The third-order valence-electron chi connectivity index (χ3n) is 2.09. The highest BCUT2D eigenvalue weighted by Crippen LogP contribution is 2.04. The van der Waals surface area contributed by atoms with Gasteiger partial charge < -0.3 is 4.74 Å². The van der Waals surface area contributed by atoms with Crippen LogP contribution in [-0.4, -0.2) is 34.1 Å². The van der Waals surface area contributed by atoms with Crippen molar-refractivity contribution in [2.45, 2.75) is 33.7 Å². The van der Waals surface area contributed by atoms with E-state index in [1.165, 1.54) is 7.11 Å². The molecule has 0 fully saturated rings. The molecule has 0 radical (unpaired) electrons. The normalized spacial score (nSPS) is 14.1. The second kappa shape index (κ2) is 6.93. The molecule has 0 bridgehead atoms. The van der Waals surface area contributed by atoms with E-state index in [1.54, 1.807) is 13.8 Å². The van der Waals surface area contributed by atoms with E-state index in [-0.39, 0.29) is 11.8 Å². The second-order valence-corrected chi connectivity index (χ2v) is 6.14. The van der Waals surface area contributed by atoms with Crippen molar-refractivity contribution < 1.29 is 17.9 Å². The largest absolute Gasteiger partial charge is 0.468 e. The van der Waals surface area contributed by atoms with Gasteiger partial charge in [-0.2, -0.15) is 13.1 Å². The average molecular weight is 266 g/mol. The maximum absolute atomic E-state index is 11.6. The fraction of sp³-hybridized carbons (Fsp3) is 0.900. The fourth-order valence-corrected chi connectivity index (χ4v) is 2.41. The summed E-state index contributed by atoms with van der Waals surface area (Å²) < 4.78 is 32.5. The molecule has 0 rings (SSSR count). The predicted molar refractivity (Wildman–Crippen MR) is 65.5 cm³/mol. The number of rotatable bonds is 7. The van der Waals surface area contributed by atoms with Gasteiger partial charge in [-0.05, 0) is 11.8 Å². The Morgan fingerprint density at radius 3 is 2.12 bits per heavy atom. The van der Waals surface area contributed by atoms with Crippen molar-refractivity contribution in [2.75, 3.05) is 13.7 Å². The molecule has 2 N–H and O–H groups in total. The molecule has 0 saturated carbocycles. The first-order valence-electron chi connectivity index (χ1n) is 5.54. The lowest BCUT2D eigenvalue weighted by Gasteiger charge is -2.20. The first-order chi connectivity index (χ1) is 7.69. The van der Waals surface area contributed by atoms with Crippen molar-refractivity contribution in [3.63, 3.8) is 0 Å². The first-order valence-corrected chi connectivity index (χ1v) is 7.02. The van der Waals surface area contributed by atoms with Gasteiger partial charge in [-0.25, -0.2) is 4.72 Å². The number of carbonyl (C=O) groups is 1. The molecular formula is C10H22N2O4S. The van der Waals surface area contributed by atoms with E-state index in [0.717, 1.165) is 0 Å². The lowest BCUT2D eigenvalue weighted by atomic mass is 10.1. The van der Waals surface area contributed by atoms with E-state index in [1.807, 2.05) is 13.8 Å². The van der Waals surface area contributed by atoms with Gasteiger partial charge in [0.15, 0.2) is 0 Å². The van der Waals surface area contributed by atoms with Gasteiger partial charge >= 0.3 is 5.97 Å². The van der Waals surface area contributed by atoms with E-state index in [4.69, 9.17) is 0 Å². The van der Waals surface area contributed by atoms with Crippen molar-refractivity contribution in [3.8, 4) is 0 Å². The summed E-state index contributed by atoms with van der Waals surface area (Å²) in [5.74, 6) is -0.574. The third kappa shape index (κ3) is 6.60. The molecule has 7 heteroatoms. The zero-order valence-electron chi connectivity index (χ0n) is 11.0. The van der Waals surface area contributed by atoms with Crippen LogP contribution in [0.1, 0.15) is 27.7 Å². The molecule has 0 aliphatic rings. The minimum absolute atomic E-state index is 0.182. The van der Waals surface area contributed by atoms with Crippen LogP contribution in [0.4, 0.5) is 0 Å². The van der Waals surface area contributed by atoms with Crippen LogP contribution in [0.5, 0.6) is 0 Å². The van der Waals surface area contributed by atoms with Gasteiger partial charge in [-0.1, -0.05) is 27.7 Å². The molecule has 17 heavy (non-hydrogen) atoms. The molecule has 0 aromatic rings. The van der Waals surface area contributed by atoms with Crippen LogP contribution in [-0.2, 0) is 19.7 Å². The standard InChI is InChI=1S/C10H22N2O4S/c1-7(2)6-11-17(14,15)12-9(8(3)4)10(13)16-5/h7-9,11-12H,6H2,1-5H3. The van der Waals surface area contributed by atoms with Crippen molar-refractivity contribution >= 4 is 16.2 Å². The highest BCUT2D eigenvalue weighted by atomic mass is 32.2. The summed E-state index contributed by atoms with van der Waals surface area (Å²) in [6.07, 6.45) is 0. The van der Waals surface area contributed by atoms with Crippen molar-refractivity contribution in [1.82, 2.24) is 9.44 Å². The second-order valence-electron chi connectivity index (χ2n) is 4.61. The summed E-state index contributed by atoms with van der Waals surface area (Å²) in [6.45, 7) is 7.59. The molecule has 0 aliphatic heterocycles. The van der Waals surface area contributed by atoms with Gasteiger partial charge in [0.2, 0.25) is 0 Å². The SMILES string of the molecule is COC(=O)C(NS(=O)(=O)NCC(C)C)C(C)C. The van der Waals surface area contributed by atoms with Crippen molar-refractivity contribution in [1.29, 1.82) is 0 Å². The molecule has 0 heterocycles. The quantitative estimate of drug-likeness (QED) is 0.648. The Morgan fingerprint density at radius 1 is 1.24 bits per heavy atom. The average Bonchev–Trinajstić information content (AvgIpc) is 2.22. The van der Waals surface area contributed by atoms with Crippen LogP contribution < -0.4 is 9.44 Å². The number of methoxy groups -OCH3 is 1. The molecular weight excluding hydrogens is 244 g/mol. The minimum Gasteiger partial charge on any atom is -0.468 e. The Bertz CT molecular complexity index is 338. The molecule has 6 nitrogen and oxygen atoms in total. The van der Waals surface area contributed by atoms with E-state index in [9.17, 15) is 13.2 Å². The number of esters is 1. The summed E-state index contributed by atoms with van der Waals surface area (Å²) in [6, 6.07) is -0.871. The minimum atomic E-state index is -3.68. The van der Waals surface area contributed by atoms with E-state index >= 15 is 0 Å². The summed E-state index contributed by atoms with van der Waals surface area (Å²) in [5, 5.41) is 0. The molecule has 0 aliphatic carbocycles. The maximum atomic E-state index is 11.6. The number of nitrogens with one attached hydrogen (secondary N) is 2. The molecule has 0 saturated heterocycles. The lowest BCUT2D eigenvalue weighted by Crippen LogP contribution is -2.49. The monoisotopic (exact) mass is 266 g/mol. The Balaban J connectivity index is 4.59. The fourth-order valence-electron chi connectivity index (χ4n) is 1.07. The van der Waals surface area contributed by atoms with Crippen LogP contribution in [0.25, 0.3) is 0 Å². The van der Waals surface area contributed by atoms with Crippen LogP contribution in [0, 0.1) is 11.8 Å². The third-order valence-corrected chi connectivity index (χ3v) is 3.20. The zero-order valence-corrected chi connectivity index (χ0v) is 11.8. The Hall–Kier alpha value is -0.660. The number of carbonyl (C=O) groups excluding carboxylic acids is 1. The summed E-state index contributed by atoms with van der Waals surface area (Å²) in [4.78, 5) is 11.4. The highest BCUT2D eigenvalue weighted by molar-refractivity contribution is 7.87. The van der Waals surface area contributed by atoms with Crippen LogP contribution in [0.3, 0.4) is 0 Å². The van der Waals surface area contributed by atoms with E-state index in [0.29, 0.717) is 6.54 Å². The molecule has 1 atom stereocenters. The Labute approximate surface area is 103 Å². The van der Waals surface area contributed by atoms with Gasteiger partial charge in [0.05, 0.1) is 7.11 Å². The summed E-state index contributed by atoms with van der Waals surface area (Å²) in [7, 11) is -2.45. The summed E-state index contributed by atoms with van der Waals surface area (Å²) in [5.41, 5.74) is 0. The van der Waals surface area contributed by atoms with Gasteiger partial charge in [-0.15, -0.1) is 0 Å². The smallest absolute Gasteiger partial charge is 0.324 e. The topological polar surface area (TPSA) is 84.5 Å². The first kappa shape index (κ1) is 16.3. The zero-order chi connectivity index (χ0) is 13.6. The molecule has 0 aromatic carbocycles. The van der Waals surface area contributed by atoms with E-state index < -0.39 is 22.2 Å².